The van der Waals surface area contributed by atoms with Crippen molar-refractivity contribution in [2.24, 2.45) is 0 Å². The van der Waals surface area contributed by atoms with Gasteiger partial charge in [0.25, 0.3) is 5.91 Å². The average molecular weight is 347 g/mol. The maximum Gasteiger partial charge on any atom is 0.269 e. The molecule has 0 atom stereocenters. The predicted molar refractivity (Wildman–Crippen MR) is 100 cm³/mol. The van der Waals surface area contributed by atoms with Gasteiger partial charge in [0.15, 0.2) is 4.77 Å². The molecule has 5 nitrogen and oxygen atoms in total. The molecule has 1 aromatic heterocycles. The summed E-state index contributed by atoms with van der Waals surface area (Å²) in [5.41, 5.74) is 1.40. The van der Waals surface area contributed by atoms with E-state index < -0.39 is 0 Å². The Kier molecular flexibility index (Phi) is 6.34. The van der Waals surface area contributed by atoms with E-state index >= 15 is 0 Å². The smallest absolute Gasteiger partial charge is 0.269 e. The third kappa shape index (κ3) is 4.33. The molecule has 2 aromatic rings. The van der Waals surface area contributed by atoms with Crippen LogP contribution >= 0.6 is 12.2 Å². The second-order valence-corrected chi connectivity index (χ2v) is 6.72. The minimum Gasteiger partial charge on any atom is -0.349 e. The van der Waals surface area contributed by atoms with E-state index in [0.717, 1.165) is 12.2 Å². The lowest BCUT2D eigenvalue weighted by Crippen LogP contribution is -2.42. The molecule has 2 rings (SSSR count). The molecule has 0 fully saturated rings. The van der Waals surface area contributed by atoms with E-state index in [2.05, 4.69) is 42.9 Å². The number of hydrogen-bond donors (Lipinski definition) is 2. The highest BCUT2D eigenvalue weighted by Gasteiger charge is 2.16. The van der Waals surface area contributed by atoms with Crippen LogP contribution < -0.4 is 5.32 Å². The molecule has 1 aromatic carbocycles. The standard InChI is InChI=1S/C18H26N4OS/c1-13(2)21(14(3)4)11-10-19-17(23)16-12-20-18(24)22(16)15-8-6-5-7-9-15/h5-9,12-14H,10-11H2,1-4H3,(H,19,23)(H,20,24). The van der Waals surface area contributed by atoms with E-state index in [1.807, 2.05) is 30.3 Å². The lowest BCUT2D eigenvalue weighted by molar-refractivity contribution is 0.0932. The Morgan fingerprint density at radius 1 is 1.21 bits per heavy atom. The van der Waals surface area contributed by atoms with Crippen LogP contribution in [0.4, 0.5) is 0 Å². The highest BCUT2D eigenvalue weighted by atomic mass is 32.1. The number of H-pyrrole nitrogens is 1. The monoisotopic (exact) mass is 346 g/mol. The number of carbonyl (C=O) groups is 1. The normalized spacial score (nSPS) is 11.5. The van der Waals surface area contributed by atoms with Gasteiger partial charge in [0, 0.05) is 37.1 Å². The lowest BCUT2D eigenvalue weighted by atomic mass is 10.2. The molecule has 0 saturated carbocycles. The zero-order valence-electron chi connectivity index (χ0n) is 14.7. The largest absolute Gasteiger partial charge is 0.349 e. The molecule has 1 heterocycles. The van der Waals surface area contributed by atoms with Crippen LogP contribution in [0, 0.1) is 4.77 Å². The summed E-state index contributed by atoms with van der Waals surface area (Å²) in [4.78, 5) is 17.9. The average Bonchev–Trinajstić information content (AvgIpc) is 2.93. The van der Waals surface area contributed by atoms with E-state index in [4.69, 9.17) is 12.2 Å². The Labute approximate surface area is 148 Å². The van der Waals surface area contributed by atoms with Gasteiger partial charge in [0.1, 0.15) is 5.69 Å². The zero-order chi connectivity index (χ0) is 17.7. The second-order valence-electron chi connectivity index (χ2n) is 6.33. The number of hydrogen-bond acceptors (Lipinski definition) is 3. The van der Waals surface area contributed by atoms with Crippen LogP contribution in [0.3, 0.4) is 0 Å². The van der Waals surface area contributed by atoms with E-state index in [1.54, 1.807) is 10.8 Å². The second kappa shape index (κ2) is 8.26. The van der Waals surface area contributed by atoms with Crippen molar-refractivity contribution in [2.45, 2.75) is 39.8 Å². The maximum atomic E-state index is 12.6. The Morgan fingerprint density at radius 3 is 2.42 bits per heavy atom. The Morgan fingerprint density at radius 2 is 1.83 bits per heavy atom. The highest BCUT2D eigenvalue weighted by molar-refractivity contribution is 7.71. The summed E-state index contributed by atoms with van der Waals surface area (Å²) < 4.78 is 2.27. The number of carbonyl (C=O) groups excluding carboxylic acids is 1. The quantitative estimate of drug-likeness (QED) is 0.756. The molecule has 0 unspecified atom stereocenters. The Bertz CT molecular complexity index is 710. The van der Waals surface area contributed by atoms with E-state index in [-0.39, 0.29) is 5.91 Å². The third-order valence-electron chi connectivity index (χ3n) is 4.01. The number of nitrogens with zero attached hydrogens (tertiary/aromatic N) is 2. The molecule has 0 radical (unpaired) electrons. The maximum absolute atomic E-state index is 12.6. The molecule has 0 bridgehead atoms. The van der Waals surface area contributed by atoms with Gasteiger partial charge in [-0.1, -0.05) is 18.2 Å². The van der Waals surface area contributed by atoms with Gasteiger partial charge in [-0.2, -0.15) is 0 Å². The number of rotatable bonds is 7. The third-order valence-corrected chi connectivity index (χ3v) is 4.31. The highest BCUT2D eigenvalue weighted by Crippen LogP contribution is 2.12. The molecule has 2 N–H and O–H groups in total. The summed E-state index contributed by atoms with van der Waals surface area (Å²) >= 11 is 5.32. The molecular weight excluding hydrogens is 320 g/mol. The van der Waals surface area contributed by atoms with Crippen LogP contribution in [0.25, 0.3) is 5.69 Å². The molecular formula is C18H26N4OS. The van der Waals surface area contributed by atoms with Crippen LogP contribution in [0.5, 0.6) is 0 Å². The summed E-state index contributed by atoms with van der Waals surface area (Å²) in [6.07, 6.45) is 1.66. The van der Waals surface area contributed by atoms with Crippen molar-refractivity contribution in [2.75, 3.05) is 13.1 Å². The number of amides is 1. The van der Waals surface area contributed by atoms with Gasteiger partial charge in [-0.05, 0) is 52.0 Å². The van der Waals surface area contributed by atoms with Crippen molar-refractivity contribution in [1.29, 1.82) is 0 Å². The molecule has 6 heteroatoms. The van der Waals surface area contributed by atoms with Crippen LogP contribution in [0.2, 0.25) is 0 Å². The predicted octanol–water partition coefficient (Wildman–Crippen LogP) is 3.38. The van der Waals surface area contributed by atoms with Gasteiger partial charge in [0.05, 0.1) is 0 Å². The van der Waals surface area contributed by atoms with Gasteiger partial charge in [-0.25, -0.2) is 0 Å². The number of nitrogens with one attached hydrogen (secondary N) is 2. The zero-order valence-corrected chi connectivity index (χ0v) is 15.6. The Hall–Kier alpha value is -1.92. The van der Waals surface area contributed by atoms with Crippen LogP contribution in [-0.2, 0) is 0 Å². The van der Waals surface area contributed by atoms with Crippen LogP contribution in [0.1, 0.15) is 38.2 Å². The molecule has 0 saturated heterocycles. The van der Waals surface area contributed by atoms with E-state index in [1.165, 1.54) is 0 Å². The summed E-state index contributed by atoms with van der Waals surface area (Å²) in [6.45, 7) is 10.1. The van der Waals surface area contributed by atoms with E-state index in [9.17, 15) is 4.79 Å². The van der Waals surface area contributed by atoms with Gasteiger partial charge in [-0.3, -0.25) is 14.3 Å². The SMILES string of the molecule is CC(C)N(CCNC(=O)c1c[nH]c(=S)n1-c1ccccc1)C(C)C. The number of para-hydroxylation sites is 1. The number of aromatic nitrogens is 2. The molecule has 24 heavy (non-hydrogen) atoms. The Balaban J connectivity index is 2.08. The topological polar surface area (TPSA) is 53.1 Å². The van der Waals surface area contributed by atoms with Crippen LogP contribution in [-0.4, -0.2) is 45.5 Å². The number of benzene rings is 1. The molecule has 0 aliphatic rings. The van der Waals surface area contributed by atoms with Gasteiger partial charge in [0.2, 0.25) is 0 Å². The summed E-state index contributed by atoms with van der Waals surface area (Å²) in [5, 5.41) is 2.99. The van der Waals surface area contributed by atoms with E-state index in [0.29, 0.717) is 29.1 Å². The van der Waals surface area contributed by atoms with Crippen molar-refractivity contribution < 1.29 is 4.79 Å². The summed E-state index contributed by atoms with van der Waals surface area (Å²) in [6, 6.07) is 10.5. The first-order valence-corrected chi connectivity index (χ1v) is 8.72. The minimum absolute atomic E-state index is 0.126. The fourth-order valence-corrected chi connectivity index (χ4v) is 3.13. The molecule has 0 aliphatic carbocycles. The first-order valence-electron chi connectivity index (χ1n) is 8.31. The first-order chi connectivity index (χ1) is 11.4. The lowest BCUT2D eigenvalue weighted by Gasteiger charge is -2.30. The number of imidazole rings is 1. The minimum atomic E-state index is -0.126. The fourth-order valence-electron chi connectivity index (χ4n) is 2.87. The fraction of sp³-hybridized carbons (Fsp3) is 0.444. The summed E-state index contributed by atoms with van der Waals surface area (Å²) in [7, 11) is 0. The number of aromatic amines is 1. The van der Waals surface area contributed by atoms with Crippen molar-refractivity contribution in [1.82, 2.24) is 19.8 Å². The van der Waals surface area contributed by atoms with Crippen molar-refractivity contribution >= 4 is 18.1 Å². The molecule has 0 spiro atoms. The molecule has 1 amide bonds. The van der Waals surface area contributed by atoms with Crippen molar-refractivity contribution in [3.05, 3.63) is 47.0 Å². The molecule has 0 aliphatic heterocycles. The molecule has 130 valence electrons. The van der Waals surface area contributed by atoms with Crippen LogP contribution in [0.15, 0.2) is 36.5 Å². The van der Waals surface area contributed by atoms with Gasteiger partial charge < -0.3 is 10.3 Å². The van der Waals surface area contributed by atoms with Gasteiger partial charge >= 0.3 is 0 Å². The van der Waals surface area contributed by atoms with Crippen molar-refractivity contribution in [3.63, 3.8) is 0 Å². The van der Waals surface area contributed by atoms with Gasteiger partial charge in [-0.15, -0.1) is 0 Å². The first kappa shape index (κ1) is 18.4. The van der Waals surface area contributed by atoms with Crippen molar-refractivity contribution in [3.8, 4) is 5.69 Å². The summed E-state index contributed by atoms with van der Waals surface area (Å²) in [5.74, 6) is -0.126.